The number of ether oxygens (including phenoxy) is 1. The van der Waals surface area contributed by atoms with Crippen LogP contribution in [0.4, 0.5) is 0 Å². The first kappa shape index (κ1) is 14.9. The van der Waals surface area contributed by atoms with Crippen LogP contribution in [-0.4, -0.2) is 31.6 Å². The van der Waals surface area contributed by atoms with Crippen LogP contribution in [0.15, 0.2) is 18.2 Å². The van der Waals surface area contributed by atoms with Crippen molar-refractivity contribution in [1.29, 1.82) is 0 Å². The summed E-state index contributed by atoms with van der Waals surface area (Å²) in [6.45, 7) is 5.45. The van der Waals surface area contributed by atoms with E-state index in [2.05, 4.69) is 31.3 Å². The Kier molecular flexibility index (Phi) is 3.74. The van der Waals surface area contributed by atoms with E-state index < -0.39 is 9.84 Å². The molecule has 1 aromatic carbocycles. The molecule has 0 bridgehead atoms. The van der Waals surface area contributed by atoms with Gasteiger partial charge in [0.15, 0.2) is 9.84 Å². The minimum absolute atomic E-state index is 0.119. The minimum atomic E-state index is -2.85. The third-order valence-corrected chi connectivity index (χ3v) is 6.57. The molecule has 0 saturated carbocycles. The monoisotopic (exact) mass is 309 g/mol. The van der Waals surface area contributed by atoms with Crippen molar-refractivity contribution in [3.05, 3.63) is 29.3 Å². The lowest BCUT2D eigenvalue weighted by Gasteiger charge is -2.16. The molecule has 4 nitrogen and oxygen atoms in total. The molecule has 0 aliphatic carbocycles. The normalized spacial score (nSPS) is 25.5. The standard InChI is InChI=1S/C16H23NO3S/c1-16(2)9-13-8-12(5-6-15(13)20-16)10-17-11-14-4-3-7-21(14,18)19/h5-6,8,14,17H,3-4,7,9-11H2,1-2H3. The summed E-state index contributed by atoms with van der Waals surface area (Å²) in [4.78, 5) is 0. The maximum Gasteiger partial charge on any atom is 0.154 e. The van der Waals surface area contributed by atoms with E-state index in [9.17, 15) is 8.42 Å². The first-order valence-electron chi connectivity index (χ1n) is 7.59. The Morgan fingerprint density at radius 3 is 2.90 bits per heavy atom. The molecular weight excluding hydrogens is 286 g/mol. The Balaban J connectivity index is 1.58. The van der Waals surface area contributed by atoms with Crippen molar-refractivity contribution in [1.82, 2.24) is 5.32 Å². The summed E-state index contributed by atoms with van der Waals surface area (Å²) >= 11 is 0. The second-order valence-corrected chi connectivity index (χ2v) is 9.14. The molecule has 1 saturated heterocycles. The van der Waals surface area contributed by atoms with E-state index in [1.54, 1.807) is 0 Å². The van der Waals surface area contributed by atoms with Crippen LogP contribution in [0.3, 0.4) is 0 Å². The van der Waals surface area contributed by atoms with E-state index in [-0.39, 0.29) is 10.9 Å². The van der Waals surface area contributed by atoms with E-state index >= 15 is 0 Å². The van der Waals surface area contributed by atoms with Crippen molar-refractivity contribution in [2.24, 2.45) is 0 Å². The van der Waals surface area contributed by atoms with Crippen LogP contribution in [0.2, 0.25) is 0 Å². The third-order valence-electron chi connectivity index (χ3n) is 4.29. The van der Waals surface area contributed by atoms with Gasteiger partial charge in [0.2, 0.25) is 0 Å². The molecule has 1 unspecified atom stereocenters. The maximum absolute atomic E-state index is 11.8. The number of sulfone groups is 1. The largest absolute Gasteiger partial charge is 0.487 e. The predicted octanol–water partition coefficient (Wildman–Crippen LogP) is 2.07. The average molecular weight is 309 g/mol. The summed E-state index contributed by atoms with van der Waals surface area (Å²) in [7, 11) is -2.85. The van der Waals surface area contributed by atoms with E-state index in [1.807, 2.05) is 6.07 Å². The molecule has 2 aliphatic rings. The summed E-state index contributed by atoms with van der Waals surface area (Å²) < 4.78 is 29.4. The molecule has 116 valence electrons. The highest BCUT2D eigenvalue weighted by atomic mass is 32.2. The third kappa shape index (κ3) is 3.24. The van der Waals surface area contributed by atoms with Gasteiger partial charge in [-0.1, -0.05) is 12.1 Å². The van der Waals surface area contributed by atoms with Crippen molar-refractivity contribution in [2.45, 2.75) is 50.5 Å². The number of nitrogens with one attached hydrogen (secondary N) is 1. The second-order valence-electron chi connectivity index (χ2n) is 6.74. The predicted molar refractivity (Wildman–Crippen MR) is 83.4 cm³/mol. The Morgan fingerprint density at radius 2 is 2.19 bits per heavy atom. The molecule has 5 heteroatoms. The topological polar surface area (TPSA) is 55.4 Å². The number of hydrogen-bond donors (Lipinski definition) is 1. The van der Waals surface area contributed by atoms with Crippen LogP contribution in [0.1, 0.15) is 37.8 Å². The molecule has 0 amide bonds. The van der Waals surface area contributed by atoms with Gasteiger partial charge in [-0.2, -0.15) is 0 Å². The lowest BCUT2D eigenvalue weighted by Crippen LogP contribution is -2.30. The van der Waals surface area contributed by atoms with Gasteiger partial charge < -0.3 is 10.1 Å². The Hall–Kier alpha value is -1.07. The highest BCUT2D eigenvalue weighted by Gasteiger charge is 2.31. The van der Waals surface area contributed by atoms with E-state index in [4.69, 9.17) is 4.74 Å². The SMILES string of the molecule is CC1(C)Cc2cc(CNCC3CCCS3(=O)=O)ccc2O1. The molecule has 1 N–H and O–H groups in total. The molecule has 0 spiro atoms. The molecule has 21 heavy (non-hydrogen) atoms. The van der Waals surface area contributed by atoms with Crippen molar-refractivity contribution < 1.29 is 13.2 Å². The molecule has 1 atom stereocenters. The second kappa shape index (κ2) is 5.29. The molecule has 2 heterocycles. The Morgan fingerprint density at radius 1 is 1.38 bits per heavy atom. The van der Waals surface area contributed by atoms with Crippen molar-refractivity contribution in [3.8, 4) is 5.75 Å². The van der Waals surface area contributed by atoms with Crippen LogP contribution < -0.4 is 10.1 Å². The molecule has 0 aromatic heterocycles. The van der Waals surface area contributed by atoms with Crippen LogP contribution in [0.5, 0.6) is 5.75 Å². The van der Waals surface area contributed by atoms with Gasteiger partial charge in [0.1, 0.15) is 11.4 Å². The van der Waals surface area contributed by atoms with Crippen molar-refractivity contribution in [3.63, 3.8) is 0 Å². The molecule has 1 fully saturated rings. The zero-order valence-electron chi connectivity index (χ0n) is 12.7. The molecule has 1 aromatic rings. The summed E-state index contributed by atoms with van der Waals surface area (Å²) in [5.74, 6) is 1.33. The molecular formula is C16H23NO3S. The summed E-state index contributed by atoms with van der Waals surface area (Å²) in [5, 5.41) is 3.09. The van der Waals surface area contributed by atoms with Gasteiger partial charge in [0, 0.05) is 19.5 Å². The molecule has 3 rings (SSSR count). The number of benzene rings is 1. The van der Waals surface area contributed by atoms with Gasteiger partial charge in [-0.05, 0) is 43.9 Å². The van der Waals surface area contributed by atoms with Crippen LogP contribution in [0, 0.1) is 0 Å². The van der Waals surface area contributed by atoms with Gasteiger partial charge in [-0.3, -0.25) is 0 Å². The van der Waals surface area contributed by atoms with Crippen molar-refractivity contribution in [2.75, 3.05) is 12.3 Å². The fourth-order valence-electron chi connectivity index (χ4n) is 3.24. The average Bonchev–Trinajstić information content (AvgIpc) is 2.86. The van der Waals surface area contributed by atoms with Crippen LogP contribution >= 0.6 is 0 Å². The van der Waals surface area contributed by atoms with E-state index in [0.29, 0.717) is 18.8 Å². The van der Waals surface area contributed by atoms with Gasteiger partial charge in [-0.25, -0.2) is 8.42 Å². The fraction of sp³-hybridized carbons (Fsp3) is 0.625. The van der Waals surface area contributed by atoms with Crippen molar-refractivity contribution >= 4 is 9.84 Å². The highest BCUT2D eigenvalue weighted by molar-refractivity contribution is 7.92. The van der Waals surface area contributed by atoms with Gasteiger partial charge >= 0.3 is 0 Å². The van der Waals surface area contributed by atoms with E-state index in [0.717, 1.165) is 25.0 Å². The smallest absolute Gasteiger partial charge is 0.154 e. The summed E-state index contributed by atoms with van der Waals surface area (Å²) in [6, 6.07) is 6.24. The van der Waals surface area contributed by atoms with Gasteiger partial charge in [-0.15, -0.1) is 0 Å². The first-order valence-corrected chi connectivity index (χ1v) is 9.30. The first-order chi connectivity index (χ1) is 9.86. The zero-order chi connectivity index (χ0) is 15.1. The number of fused-ring (bicyclic) bond motifs is 1. The summed E-state index contributed by atoms with van der Waals surface area (Å²) in [6.07, 6.45) is 2.52. The van der Waals surface area contributed by atoms with Gasteiger partial charge in [0.05, 0.1) is 11.0 Å². The molecule has 2 aliphatic heterocycles. The van der Waals surface area contributed by atoms with Crippen LogP contribution in [-0.2, 0) is 22.8 Å². The Labute approximate surface area is 126 Å². The van der Waals surface area contributed by atoms with E-state index in [1.165, 1.54) is 11.1 Å². The highest BCUT2D eigenvalue weighted by Crippen LogP contribution is 2.35. The number of hydrogen-bond acceptors (Lipinski definition) is 4. The maximum atomic E-state index is 11.8. The number of rotatable bonds is 4. The zero-order valence-corrected chi connectivity index (χ0v) is 13.5. The fourth-order valence-corrected chi connectivity index (χ4v) is 5.04. The lowest BCUT2D eigenvalue weighted by molar-refractivity contribution is 0.138. The Bertz CT molecular complexity index is 637. The quantitative estimate of drug-likeness (QED) is 0.925. The molecule has 0 radical (unpaired) electrons. The summed E-state index contributed by atoms with van der Waals surface area (Å²) in [5.41, 5.74) is 2.31. The lowest BCUT2D eigenvalue weighted by atomic mass is 10.0. The van der Waals surface area contributed by atoms with Crippen LogP contribution in [0.25, 0.3) is 0 Å². The minimum Gasteiger partial charge on any atom is -0.487 e. The van der Waals surface area contributed by atoms with Gasteiger partial charge in [0.25, 0.3) is 0 Å².